The van der Waals surface area contributed by atoms with Crippen molar-refractivity contribution in [3.8, 4) is 5.75 Å². The Morgan fingerprint density at radius 3 is 2.87 bits per heavy atom. The number of nitrogens with one attached hydrogen (secondary N) is 1. The summed E-state index contributed by atoms with van der Waals surface area (Å²) in [4.78, 5) is 23.1. The van der Waals surface area contributed by atoms with Crippen molar-refractivity contribution in [1.82, 2.24) is 5.43 Å². The second-order valence-corrected chi connectivity index (χ2v) is 5.33. The third kappa shape index (κ3) is 4.67. The first-order valence-corrected chi connectivity index (χ1v) is 7.49. The molecule has 0 aliphatic heterocycles. The molecule has 0 atom stereocenters. The Balaban J connectivity index is 2.01. The largest absolute Gasteiger partial charge is 0.484 e. The third-order valence-electron chi connectivity index (χ3n) is 3.28. The van der Waals surface area contributed by atoms with Crippen LogP contribution in [0.5, 0.6) is 5.75 Å². The molecule has 0 spiro atoms. The number of nitrogens with zero attached hydrogens (tertiary/aromatic N) is 1. The number of fused-ring (bicyclic) bond motifs is 1. The van der Waals surface area contributed by atoms with Crippen LogP contribution < -0.4 is 15.8 Å². The first-order chi connectivity index (χ1) is 11.0. The van der Waals surface area contributed by atoms with Crippen LogP contribution in [0, 0.1) is 6.92 Å². The van der Waals surface area contributed by atoms with Crippen molar-refractivity contribution in [2.45, 2.75) is 33.6 Å². The molecule has 1 aromatic carbocycles. The second-order valence-electron chi connectivity index (χ2n) is 5.33. The quantitative estimate of drug-likeness (QED) is 0.505. The Bertz CT molecular complexity index is 793. The molecule has 6 nitrogen and oxygen atoms in total. The number of carbonyl (C=O) groups excluding carboxylic acids is 1. The summed E-state index contributed by atoms with van der Waals surface area (Å²) < 4.78 is 10.5. The summed E-state index contributed by atoms with van der Waals surface area (Å²) in [6, 6.07) is 6.56. The SMILES string of the molecule is CCC/C(C)=N\NC(=O)COc1ccc2c(C)cc(=O)oc2c1. The van der Waals surface area contributed by atoms with E-state index in [1.165, 1.54) is 6.07 Å². The Labute approximate surface area is 134 Å². The highest BCUT2D eigenvalue weighted by Gasteiger charge is 2.06. The van der Waals surface area contributed by atoms with Crippen molar-refractivity contribution in [2.75, 3.05) is 6.61 Å². The fourth-order valence-electron chi connectivity index (χ4n) is 2.15. The molecule has 0 fully saturated rings. The van der Waals surface area contributed by atoms with Gasteiger partial charge in [-0.15, -0.1) is 0 Å². The molecule has 0 unspecified atom stereocenters. The number of benzene rings is 1. The van der Waals surface area contributed by atoms with Gasteiger partial charge in [-0.3, -0.25) is 4.79 Å². The van der Waals surface area contributed by atoms with Crippen molar-refractivity contribution in [2.24, 2.45) is 5.10 Å². The molecule has 0 radical (unpaired) electrons. The first-order valence-electron chi connectivity index (χ1n) is 7.49. The number of hydrogen-bond acceptors (Lipinski definition) is 5. The molecule has 23 heavy (non-hydrogen) atoms. The topological polar surface area (TPSA) is 80.9 Å². The van der Waals surface area contributed by atoms with Gasteiger partial charge in [0.05, 0.1) is 0 Å². The zero-order valence-electron chi connectivity index (χ0n) is 13.5. The normalized spacial score (nSPS) is 11.5. The number of ether oxygens (including phenoxy) is 1. The van der Waals surface area contributed by atoms with Gasteiger partial charge in [-0.25, -0.2) is 10.2 Å². The highest BCUT2D eigenvalue weighted by molar-refractivity contribution is 5.85. The maximum atomic E-state index is 11.7. The van der Waals surface area contributed by atoms with Crippen LogP contribution in [0.1, 0.15) is 32.3 Å². The van der Waals surface area contributed by atoms with Gasteiger partial charge in [0.1, 0.15) is 11.3 Å². The number of amides is 1. The van der Waals surface area contributed by atoms with E-state index >= 15 is 0 Å². The van der Waals surface area contributed by atoms with E-state index in [4.69, 9.17) is 9.15 Å². The van der Waals surface area contributed by atoms with Crippen molar-refractivity contribution >= 4 is 22.6 Å². The molecule has 1 heterocycles. The Morgan fingerprint density at radius 2 is 2.13 bits per heavy atom. The lowest BCUT2D eigenvalue weighted by atomic mass is 10.1. The monoisotopic (exact) mass is 316 g/mol. The van der Waals surface area contributed by atoms with E-state index in [-0.39, 0.29) is 12.5 Å². The molecule has 2 aromatic rings. The third-order valence-corrected chi connectivity index (χ3v) is 3.28. The maximum Gasteiger partial charge on any atom is 0.336 e. The van der Waals surface area contributed by atoms with Gasteiger partial charge in [0, 0.05) is 23.2 Å². The van der Waals surface area contributed by atoms with Gasteiger partial charge in [0.15, 0.2) is 6.61 Å². The van der Waals surface area contributed by atoms with Crippen LogP contribution in [0.3, 0.4) is 0 Å². The van der Waals surface area contributed by atoms with E-state index in [2.05, 4.69) is 10.5 Å². The fraction of sp³-hybridized carbons (Fsp3) is 0.353. The molecule has 0 aliphatic carbocycles. The summed E-state index contributed by atoms with van der Waals surface area (Å²) in [6.45, 7) is 5.58. The molecule has 0 aliphatic rings. The smallest absolute Gasteiger partial charge is 0.336 e. The van der Waals surface area contributed by atoms with E-state index in [0.29, 0.717) is 11.3 Å². The van der Waals surface area contributed by atoms with Crippen molar-refractivity contribution in [3.63, 3.8) is 0 Å². The van der Waals surface area contributed by atoms with Gasteiger partial charge in [-0.05, 0) is 38.0 Å². The predicted molar refractivity (Wildman–Crippen MR) is 88.9 cm³/mol. The summed E-state index contributed by atoms with van der Waals surface area (Å²) in [5.41, 5.74) is 4.17. The lowest BCUT2D eigenvalue weighted by Crippen LogP contribution is -2.25. The number of hydrazone groups is 1. The maximum absolute atomic E-state index is 11.7. The van der Waals surface area contributed by atoms with Gasteiger partial charge in [-0.2, -0.15) is 5.10 Å². The molecule has 0 bridgehead atoms. The summed E-state index contributed by atoms with van der Waals surface area (Å²) in [5.74, 6) is 0.113. The van der Waals surface area contributed by atoms with Crippen LogP contribution in [-0.4, -0.2) is 18.2 Å². The minimum Gasteiger partial charge on any atom is -0.484 e. The van der Waals surface area contributed by atoms with Crippen LogP contribution in [0.25, 0.3) is 11.0 Å². The van der Waals surface area contributed by atoms with E-state index in [1.807, 2.05) is 20.8 Å². The molecule has 1 N–H and O–H groups in total. The molecule has 0 saturated heterocycles. The Morgan fingerprint density at radius 1 is 1.35 bits per heavy atom. The van der Waals surface area contributed by atoms with Crippen LogP contribution in [0.15, 0.2) is 38.6 Å². The summed E-state index contributed by atoms with van der Waals surface area (Å²) in [5, 5.41) is 4.81. The molecule has 2 rings (SSSR count). The predicted octanol–water partition coefficient (Wildman–Crippen LogP) is 2.77. The summed E-state index contributed by atoms with van der Waals surface area (Å²) in [6.07, 6.45) is 1.81. The van der Waals surface area contributed by atoms with Crippen molar-refractivity contribution in [1.29, 1.82) is 0 Å². The van der Waals surface area contributed by atoms with Gasteiger partial charge < -0.3 is 9.15 Å². The molecule has 1 aromatic heterocycles. The average Bonchev–Trinajstić information content (AvgIpc) is 2.50. The molecule has 122 valence electrons. The zero-order valence-corrected chi connectivity index (χ0v) is 13.5. The second kappa shape index (κ2) is 7.58. The van der Waals surface area contributed by atoms with Crippen LogP contribution in [0.2, 0.25) is 0 Å². The summed E-state index contributed by atoms with van der Waals surface area (Å²) in [7, 11) is 0. The molecular formula is C17H20N2O4. The van der Waals surface area contributed by atoms with E-state index in [1.54, 1.807) is 18.2 Å². The number of rotatable bonds is 6. The number of hydrogen-bond donors (Lipinski definition) is 1. The highest BCUT2D eigenvalue weighted by atomic mass is 16.5. The standard InChI is InChI=1S/C17H20N2O4/c1-4-5-12(3)18-19-16(20)10-22-13-6-7-14-11(2)8-17(21)23-15(14)9-13/h6-9H,4-5,10H2,1-3H3,(H,19,20)/b18-12-. The van der Waals surface area contributed by atoms with E-state index in [0.717, 1.165) is 29.5 Å². The molecular weight excluding hydrogens is 296 g/mol. The molecule has 6 heteroatoms. The van der Waals surface area contributed by atoms with Crippen LogP contribution in [0.4, 0.5) is 0 Å². The Hall–Kier alpha value is -2.63. The lowest BCUT2D eigenvalue weighted by Gasteiger charge is -2.07. The minimum absolute atomic E-state index is 0.162. The van der Waals surface area contributed by atoms with Gasteiger partial charge >= 0.3 is 5.63 Å². The fourth-order valence-corrected chi connectivity index (χ4v) is 2.15. The van der Waals surface area contributed by atoms with Crippen molar-refractivity contribution < 1.29 is 13.9 Å². The average molecular weight is 316 g/mol. The highest BCUT2D eigenvalue weighted by Crippen LogP contribution is 2.22. The van der Waals surface area contributed by atoms with Crippen molar-refractivity contribution in [3.05, 3.63) is 40.2 Å². The first kappa shape index (κ1) is 16.7. The minimum atomic E-state index is -0.411. The molecule has 1 amide bonds. The van der Waals surface area contributed by atoms with Gasteiger partial charge in [-0.1, -0.05) is 13.3 Å². The summed E-state index contributed by atoms with van der Waals surface area (Å²) >= 11 is 0. The van der Waals surface area contributed by atoms with Gasteiger partial charge in [0.2, 0.25) is 0 Å². The van der Waals surface area contributed by atoms with Crippen LogP contribution >= 0.6 is 0 Å². The van der Waals surface area contributed by atoms with Gasteiger partial charge in [0.25, 0.3) is 5.91 Å². The van der Waals surface area contributed by atoms with E-state index < -0.39 is 5.63 Å². The van der Waals surface area contributed by atoms with E-state index in [9.17, 15) is 9.59 Å². The molecule has 0 saturated carbocycles. The zero-order chi connectivity index (χ0) is 16.8. The number of carbonyl (C=O) groups is 1. The lowest BCUT2D eigenvalue weighted by molar-refractivity contribution is -0.123. The van der Waals surface area contributed by atoms with Crippen LogP contribution in [-0.2, 0) is 4.79 Å². The number of aryl methyl sites for hydroxylation is 1. The Kier molecular flexibility index (Phi) is 5.51.